The summed E-state index contributed by atoms with van der Waals surface area (Å²) in [4.78, 5) is 28.9. The van der Waals surface area contributed by atoms with Gasteiger partial charge in [0.1, 0.15) is 6.61 Å². The molecular weight excluding hydrogens is 484 g/mol. The molecule has 0 fully saturated rings. The standard InChI is InChI=1S/C26H19BrN2O4/c27-16-11-9-15-10-12-22(28-23(15)13-16)24(25(30)31)29-26(32)33-14-21-19-7-3-1-5-17(19)18-6-2-4-8-20(18)21/h1-13,21,24H,14H2,(H,29,32)(H,30,31). The number of alkyl carbamates (subject to hydrolysis) is 1. The Morgan fingerprint density at radius 2 is 1.61 bits per heavy atom. The molecule has 1 aromatic heterocycles. The molecule has 2 N–H and O–H groups in total. The number of carboxylic acid groups (broad SMARTS) is 1. The number of hydrogen-bond donors (Lipinski definition) is 2. The zero-order valence-corrected chi connectivity index (χ0v) is 19.0. The second-order valence-electron chi connectivity index (χ2n) is 7.81. The predicted octanol–water partition coefficient (Wildman–Crippen LogP) is 5.66. The van der Waals surface area contributed by atoms with E-state index in [2.05, 4.69) is 38.4 Å². The van der Waals surface area contributed by atoms with Gasteiger partial charge in [-0.3, -0.25) is 0 Å². The van der Waals surface area contributed by atoms with E-state index in [1.165, 1.54) is 0 Å². The third-order valence-corrected chi connectivity index (χ3v) is 6.32. The van der Waals surface area contributed by atoms with Gasteiger partial charge in [0.15, 0.2) is 6.04 Å². The lowest BCUT2D eigenvalue weighted by molar-refractivity contribution is -0.139. The van der Waals surface area contributed by atoms with Gasteiger partial charge < -0.3 is 15.2 Å². The molecule has 164 valence electrons. The fourth-order valence-electron chi connectivity index (χ4n) is 4.29. The highest BCUT2D eigenvalue weighted by molar-refractivity contribution is 9.10. The number of aliphatic carboxylic acids is 1. The van der Waals surface area contributed by atoms with Gasteiger partial charge >= 0.3 is 12.1 Å². The van der Waals surface area contributed by atoms with Gasteiger partial charge in [-0.2, -0.15) is 0 Å². The Labute approximate surface area is 198 Å². The fourth-order valence-corrected chi connectivity index (χ4v) is 4.64. The summed E-state index contributed by atoms with van der Waals surface area (Å²) in [6.45, 7) is 0.101. The molecule has 1 heterocycles. The van der Waals surface area contributed by atoms with Crippen molar-refractivity contribution in [3.63, 3.8) is 0 Å². The molecule has 0 radical (unpaired) electrons. The summed E-state index contributed by atoms with van der Waals surface area (Å²) in [5.41, 5.74) is 5.27. The highest BCUT2D eigenvalue weighted by atomic mass is 79.9. The predicted molar refractivity (Wildman–Crippen MR) is 128 cm³/mol. The molecule has 1 unspecified atom stereocenters. The molecule has 3 aromatic carbocycles. The molecule has 5 rings (SSSR count). The van der Waals surface area contributed by atoms with Crippen molar-refractivity contribution >= 4 is 38.9 Å². The molecule has 33 heavy (non-hydrogen) atoms. The molecule has 1 amide bonds. The van der Waals surface area contributed by atoms with Gasteiger partial charge in [-0.1, -0.05) is 76.6 Å². The van der Waals surface area contributed by atoms with Gasteiger partial charge in [0.25, 0.3) is 0 Å². The van der Waals surface area contributed by atoms with E-state index in [1.54, 1.807) is 18.2 Å². The van der Waals surface area contributed by atoms with Crippen LogP contribution in [0.25, 0.3) is 22.0 Å². The first-order valence-corrected chi connectivity index (χ1v) is 11.2. The first-order chi connectivity index (χ1) is 16.0. The van der Waals surface area contributed by atoms with E-state index >= 15 is 0 Å². The lowest BCUT2D eigenvalue weighted by Crippen LogP contribution is -2.35. The number of carbonyl (C=O) groups excluding carboxylic acids is 1. The van der Waals surface area contributed by atoms with E-state index in [1.807, 2.05) is 48.5 Å². The molecule has 1 aliphatic rings. The summed E-state index contributed by atoms with van der Waals surface area (Å²) in [5.74, 6) is -1.33. The maximum atomic E-state index is 12.6. The van der Waals surface area contributed by atoms with Gasteiger partial charge in [0.05, 0.1) is 11.2 Å². The first kappa shape index (κ1) is 21.2. The minimum atomic E-state index is -1.33. The topological polar surface area (TPSA) is 88.5 Å². The lowest BCUT2D eigenvalue weighted by Gasteiger charge is -2.17. The summed E-state index contributed by atoms with van der Waals surface area (Å²) < 4.78 is 6.33. The molecule has 0 saturated carbocycles. The zero-order valence-electron chi connectivity index (χ0n) is 17.4. The molecule has 7 heteroatoms. The Hall–Kier alpha value is -3.71. The van der Waals surface area contributed by atoms with Crippen LogP contribution in [-0.2, 0) is 9.53 Å². The summed E-state index contributed by atoms with van der Waals surface area (Å²) in [5, 5.41) is 13.0. The molecule has 0 aliphatic heterocycles. The molecule has 4 aromatic rings. The van der Waals surface area contributed by atoms with Crippen molar-refractivity contribution in [2.45, 2.75) is 12.0 Å². The summed E-state index contributed by atoms with van der Waals surface area (Å²) in [7, 11) is 0. The highest BCUT2D eigenvalue weighted by Crippen LogP contribution is 2.44. The number of carboxylic acids is 1. The van der Waals surface area contributed by atoms with Crippen molar-refractivity contribution in [2.24, 2.45) is 0 Å². The molecule has 1 aliphatic carbocycles. The number of nitrogens with zero attached hydrogens (tertiary/aromatic N) is 1. The van der Waals surface area contributed by atoms with Gasteiger partial charge in [0.2, 0.25) is 0 Å². The van der Waals surface area contributed by atoms with Crippen LogP contribution < -0.4 is 5.32 Å². The van der Waals surface area contributed by atoms with Crippen LogP contribution in [0.3, 0.4) is 0 Å². The number of benzene rings is 3. The first-order valence-electron chi connectivity index (χ1n) is 10.4. The smallest absolute Gasteiger partial charge is 0.408 e. The second-order valence-corrected chi connectivity index (χ2v) is 8.73. The highest BCUT2D eigenvalue weighted by Gasteiger charge is 2.30. The van der Waals surface area contributed by atoms with Crippen molar-refractivity contribution in [3.05, 3.63) is 100 Å². The molecular formula is C26H19BrN2O4. The van der Waals surface area contributed by atoms with Crippen LogP contribution in [0.1, 0.15) is 28.8 Å². The lowest BCUT2D eigenvalue weighted by atomic mass is 9.98. The Morgan fingerprint density at radius 1 is 0.970 bits per heavy atom. The number of amides is 1. The maximum Gasteiger partial charge on any atom is 0.408 e. The van der Waals surface area contributed by atoms with E-state index in [-0.39, 0.29) is 18.2 Å². The van der Waals surface area contributed by atoms with Crippen molar-refractivity contribution in [3.8, 4) is 11.1 Å². The van der Waals surface area contributed by atoms with Gasteiger partial charge in [-0.15, -0.1) is 0 Å². The third kappa shape index (κ3) is 4.07. The second kappa shape index (κ2) is 8.67. The maximum absolute atomic E-state index is 12.6. The van der Waals surface area contributed by atoms with E-state index in [0.29, 0.717) is 5.52 Å². The van der Waals surface area contributed by atoms with Crippen molar-refractivity contribution in [2.75, 3.05) is 6.61 Å². The van der Waals surface area contributed by atoms with Gasteiger partial charge in [0, 0.05) is 15.8 Å². The molecule has 0 saturated heterocycles. The third-order valence-electron chi connectivity index (χ3n) is 5.82. The Morgan fingerprint density at radius 3 is 2.27 bits per heavy atom. The van der Waals surface area contributed by atoms with Crippen LogP contribution in [-0.4, -0.2) is 28.8 Å². The van der Waals surface area contributed by atoms with Crippen LogP contribution in [0, 0.1) is 0 Å². The Bertz CT molecular complexity index is 1340. The normalized spacial score (nSPS) is 13.2. The van der Waals surface area contributed by atoms with Gasteiger partial charge in [-0.25, -0.2) is 14.6 Å². The number of nitrogens with one attached hydrogen (secondary N) is 1. The number of pyridine rings is 1. The molecule has 1 atom stereocenters. The van der Waals surface area contributed by atoms with Crippen LogP contribution in [0.2, 0.25) is 0 Å². The number of halogens is 1. The number of fused-ring (bicyclic) bond motifs is 4. The van der Waals surface area contributed by atoms with Crippen LogP contribution in [0.4, 0.5) is 4.79 Å². The minimum absolute atomic E-state index is 0.101. The van der Waals surface area contributed by atoms with E-state index < -0.39 is 18.1 Å². The Balaban J connectivity index is 1.33. The van der Waals surface area contributed by atoms with Crippen molar-refractivity contribution < 1.29 is 19.4 Å². The number of rotatable bonds is 5. The summed E-state index contributed by atoms with van der Waals surface area (Å²) in [6, 6.07) is 23.7. The average Bonchev–Trinajstić information content (AvgIpc) is 3.14. The summed E-state index contributed by atoms with van der Waals surface area (Å²) >= 11 is 3.39. The summed E-state index contributed by atoms with van der Waals surface area (Å²) in [6.07, 6.45) is -0.805. The fraction of sp³-hybridized carbons (Fsp3) is 0.115. The number of aromatic nitrogens is 1. The van der Waals surface area contributed by atoms with E-state index in [4.69, 9.17) is 4.74 Å². The SMILES string of the molecule is O=C(NC(C(=O)O)c1ccc2ccc(Br)cc2n1)OCC1c2ccccc2-c2ccccc21. The van der Waals surface area contributed by atoms with Crippen molar-refractivity contribution in [1.29, 1.82) is 0 Å². The van der Waals surface area contributed by atoms with Crippen LogP contribution >= 0.6 is 15.9 Å². The zero-order chi connectivity index (χ0) is 22.9. The number of ether oxygens (including phenoxy) is 1. The number of carbonyl (C=O) groups is 2. The molecule has 0 spiro atoms. The molecule has 6 nitrogen and oxygen atoms in total. The van der Waals surface area contributed by atoms with E-state index in [9.17, 15) is 14.7 Å². The van der Waals surface area contributed by atoms with Gasteiger partial charge in [-0.05, 0) is 40.5 Å². The minimum Gasteiger partial charge on any atom is -0.479 e. The van der Waals surface area contributed by atoms with Crippen molar-refractivity contribution in [1.82, 2.24) is 10.3 Å². The monoisotopic (exact) mass is 502 g/mol. The average molecular weight is 503 g/mol. The number of hydrogen-bond acceptors (Lipinski definition) is 4. The quantitative estimate of drug-likeness (QED) is 0.367. The Kier molecular flexibility index (Phi) is 5.56. The van der Waals surface area contributed by atoms with E-state index in [0.717, 1.165) is 32.1 Å². The molecule has 0 bridgehead atoms. The van der Waals surface area contributed by atoms with Crippen LogP contribution in [0.5, 0.6) is 0 Å². The van der Waals surface area contributed by atoms with Crippen LogP contribution in [0.15, 0.2) is 83.3 Å². The largest absolute Gasteiger partial charge is 0.479 e.